The highest BCUT2D eigenvalue weighted by molar-refractivity contribution is 7.92. The Morgan fingerprint density at radius 2 is 1.41 bits per heavy atom. The normalized spacial score (nSPS) is 12.1. The molecule has 3 aromatic carbocycles. The van der Waals surface area contributed by atoms with Crippen molar-refractivity contribution in [3.05, 3.63) is 102 Å². The third-order valence-electron chi connectivity index (χ3n) is 6.52. The van der Waals surface area contributed by atoms with Crippen LogP contribution in [0.2, 0.25) is 0 Å². The lowest BCUT2D eigenvalue weighted by atomic mass is 10.0. The van der Waals surface area contributed by atoms with E-state index in [0.717, 1.165) is 33.7 Å². The third-order valence-corrected chi connectivity index (χ3v) is 7.65. The van der Waals surface area contributed by atoms with Crippen LogP contribution in [-0.4, -0.2) is 50.5 Å². The van der Waals surface area contributed by atoms with E-state index in [-0.39, 0.29) is 18.4 Å². The summed E-state index contributed by atoms with van der Waals surface area (Å²) < 4.78 is 27.2. The minimum absolute atomic E-state index is 0.0478. The molecule has 0 unspecified atom stereocenters. The summed E-state index contributed by atoms with van der Waals surface area (Å²) in [5.41, 5.74) is 3.05. The molecule has 0 spiro atoms. The second-order valence-electron chi connectivity index (χ2n) is 9.99. The molecule has 0 aliphatic rings. The van der Waals surface area contributed by atoms with Crippen LogP contribution < -0.4 is 9.62 Å². The molecule has 0 aliphatic carbocycles. The van der Waals surface area contributed by atoms with E-state index in [1.54, 1.807) is 12.1 Å². The molecule has 3 rings (SSSR count). The van der Waals surface area contributed by atoms with Crippen molar-refractivity contribution in [1.82, 2.24) is 10.2 Å². The highest BCUT2D eigenvalue weighted by Crippen LogP contribution is 2.29. The molecule has 1 N–H and O–H groups in total. The highest BCUT2D eigenvalue weighted by atomic mass is 32.2. The number of carbonyl (C=O) groups is 2. The Morgan fingerprint density at radius 1 is 0.846 bits per heavy atom. The minimum Gasteiger partial charge on any atom is -0.354 e. The van der Waals surface area contributed by atoms with Gasteiger partial charge in [-0.3, -0.25) is 13.9 Å². The molecule has 0 saturated heterocycles. The second-order valence-corrected chi connectivity index (χ2v) is 11.9. The fraction of sp³-hybridized carbons (Fsp3) is 0.355. The summed E-state index contributed by atoms with van der Waals surface area (Å²) in [5.74, 6) is -0.666. The summed E-state index contributed by atoms with van der Waals surface area (Å²) in [6, 6.07) is 25.4. The molecule has 2 amide bonds. The Kier molecular flexibility index (Phi) is 10.7. The first kappa shape index (κ1) is 29.9. The summed E-state index contributed by atoms with van der Waals surface area (Å²) in [6.45, 7) is 6.17. The van der Waals surface area contributed by atoms with E-state index in [0.29, 0.717) is 18.7 Å². The lowest BCUT2D eigenvalue weighted by Gasteiger charge is -2.34. The number of para-hydroxylation sites is 1. The number of nitrogens with one attached hydrogen (secondary N) is 1. The molecule has 208 valence electrons. The molecule has 0 aliphatic heterocycles. The van der Waals surface area contributed by atoms with Crippen molar-refractivity contribution in [2.24, 2.45) is 0 Å². The van der Waals surface area contributed by atoms with Crippen LogP contribution in [0.25, 0.3) is 0 Å². The zero-order valence-electron chi connectivity index (χ0n) is 23.2. The standard InChI is InChI=1S/C31H39N3O4S/c1-5-20-32-31(36)29(21-25-14-8-6-9-15-25)33(22-26-16-10-7-11-17-26)30(35)23-34(39(4,37)38)28-19-13-12-18-27(28)24(2)3/h6-19,24,29H,5,20-23H2,1-4H3,(H,32,36)/t29-/m1/s1. The van der Waals surface area contributed by atoms with Crippen LogP contribution in [0.1, 0.15) is 49.8 Å². The zero-order valence-corrected chi connectivity index (χ0v) is 24.0. The second kappa shape index (κ2) is 13.9. The molecule has 0 aromatic heterocycles. The lowest BCUT2D eigenvalue weighted by molar-refractivity contribution is -0.140. The van der Waals surface area contributed by atoms with Crippen molar-refractivity contribution in [2.75, 3.05) is 23.7 Å². The maximum Gasteiger partial charge on any atom is 0.244 e. The van der Waals surface area contributed by atoms with Gasteiger partial charge in [0.05, 0.1) is 11.9 Å². The Balaban J connectivity index is 2.06. The van der Waals surface area contributed by atoms with Gasteiger partial charge in [0.2, 0.25) is 21.8 Å². The first-order valence-electron chi connectivity index (χ1n) is 13.3. The molecule has 0 fully saturated rings. The summed E-state index contributed by atoms with van der Waals surface area (Å²) in [7, 11) is -3.81. The molecule has 0 radical (unpaired) electrons. The Morgan fingerprint density at radius 3 is 1.97 bits per heavy atom. The Labute approximate surface area is 232 Å². The van der Waals surface area contributed by atoms with Gasteiger partial charge in [-0.25, -0.2) is 8.42 Å². The first-order valence-corrected chi connectivity index (χ1v) is 15.2. The van der Waals surface area contributed by atoms with Gasteiger partial charge in [0.1, 0.15) is 12.6 Å². The van der Waals surface area contributed by atoms with Crippen LogP contribution in [0.3, 0.4) is 0 Å². The maximum atomic E-state index is 14.1. The third kappa shape index (κ3) is 8.42. The van der Waals surface area contributed by atoms with Gasteiger partial charge in [-0.15, -0.1) is 0 Å². The number of rotatable bonds is 13. The van der Waals surface area contributed by atoms with E-state index < -0.39 is 28.5 Å². The number of carbonyl (C=O) groups excluding carboxylic acids is 2. The average molecular weight is 550 g/mol. The maximum absolute atomic E-state index is 14.1. The zero-order chi connectivity index (χ0) is 28.4. The Hall–Kier alpha value is -3.65. The number of nitrogens with zero attached hydrogens (tertiary/aromatic N) is 2. The first-order chi connectivity index (χ1) is 18.6. The molecule has 0 heterocycles. The Bertz CT molecular complexity index is 1330. The van der Waals surface area contributed by atoms with Crippen LogP contribution >= 0.6 is 0 Å². The molecule has 7 nitrogen and oxygen atoms in total. The van der Waals surface area contributed by atoms with Crippen LogP contribution in [0.5, 0.6) is 0 Å². The van der Waals surface area contributed by atoms with E-state index in [4.69, 9.17) is 0 Å². The van der Waals surface area contributed by atoms with Gasteiger partial charge < -0.3 is 10.2 Å². The van der Waals surface area contributed by atoms with Crippen molar-refractivity contribution < 1.29 is 18.0 Å². The number of sulfonamides is 1. The van der Waals surface area contributed by atoms with Gasteiger partial charge in [0.25, 0.3) is 0 Å². The number of hydrogen-bond acceptors (Lipinski definition) is 4. The van der Waals surface area contributed by atoms with E-state index >= 15 is 0 Å². The predicted octanol–water partition coefficient (Wildman–Crippen LogP) is 4.74. The van der Waals surface area contributed by atoms with E-state index in [1.807, 2.05) is 93.6 Å². The molecular weight excluding hydrogens is 510 g/mol. The quantitative estimate of drug-likeness (QED) is 0.334. The molecule has 8 heteroatoms. The van der Waals surface area contributed by atoms with Crippen molar-refractivity contribution in [1.29, 1.82) is 0 Å². The summed E-state index contributed by atoms with van der Waals surface area (Å²) >= 11 is 0. The predicted molar refractivity (Wildman–Crippen MR) is 157 cm³/mol. The molecule has 0 saturated carbocycles. The number of hydrogen-bond donors (Lipinski definition) is 1. The van der Waals surface area contributed by atoms with Gasteiger partial charge in [0, 0.05) is 19.5 Å². The molecule has 39 heavy (non-hydrogen) atoms. The average Bonchev–Trinajstić information content (AvgIpc) is 2.92. The van der Waals surface area contributed by atoms with E-state index in [9.17, 15) is 18.0 Å². The van der Waals surface area contributed by atoms with E-state index in [2.05, 4.69) is 5.32 Å². The van der Waals surface area contributed by atoms with Gasteiger partial charge >= 0.3 is 0 Å². The molecule has 0 bridgehead atoms. The summed E-state index contributed by atoms with van der Waals surface area (Å²) in [5, 5.41) is 2.95. The smallest absolute Gasteiger partial charge is 0.244 e. The SMILES string of the molecule is CCCNC(=O)[C@@H](Cc1ccccc1)N(Cc1ccccc1)C(=O)CN(c1ccccc1C(C)C)S(C)(=O)=O. The number of benzene rings is 3. The monoisotopic (exact) mass is 549 g/mol. The number of anilines is 1. The minimum atomic E-state index is -3.81. The van der Waals surface area contributed by atoms with Gasteiger partial charge in [-0.1, -0.05) is 99.6 Å². The van der Waals surface area contributed by atoms with Crippen LogP contribution in [-0.2, 0) is 32.6 Å². The van der Waals surface area contributed by atoms with Gasteiger partial charge in [-0.05, 0) is 35.1 Å². The summed E-state index contributed by atoms with van der Waals surface area (Å²) in [6.07, 6.45) is 2.16. The van der Waals surface area contributed by atoms with Crippen molar-refractivity contribution >= 4 is 27.5 Å². The van der Waals surface area contributed by atoms with Crippen molar-refractivity contribution in [3.8, 4) is 0 Å². The van der Waals surface area contributed by atoms with Crippen LogP contribution in [0.15, 0.2) is 84.9 Å². The van der Waals surface area contributed by atoms with E-state index in [1.165, 1.54) is 4.90 Å². The molecular formula is C31H39N3O4S. The molecule has 1 atom stereocenters. The highest BCUT2D eigenvalue weighted by Gasteiger charge is 2.33. The fourth-order valence-electron chi connectivity index (χ4n) is 4.50. The molecule has 3 aromatic rings. The van der Waals surface area contributed by atoms with Gasteiger partial charge in [0.15, 0.2) is 0 Å². The topological polar surface area (TPSA) is 86.8 Å². The van der Waals surface area contributed by atoms with Crippen molar-refractivity contribution in [2.45, 2.75) is 52.1 Å². The van der Waals surface area contributed by atoms with Crippen LogP contribution in [0, 0.1) is 0 Å². The number of amides is 2. The lowest BCUT2D eigenvalue weighted by Crippen LogP contribution is -2.53. The van der Waals surface area contributed by atoms with Crippen molar-refractivity contribution in [3.63, 3.8) is 0 Å². The van der Waals surface area contributed by atoms with Gasteiger partial charge in [-0.2, -0.15) is 0 Å². The largest absolute Gasteiger partial charge is 0.354 e. The van der Waals surface area contributed by atoms with Crippen LogP contribution in [0.4, 0.5) is 5.69 Å². The fourth-order valence-corrected chi connectivity index (χ4v) is 5.37. The summed E-state index contributed by atoms with van der Waals surface area (Å²) in [4.78, 5) is 29.1.